The molecule has 0 radical (unpaired) electrons. The van der Waals surface area contributed by atoms with Crippen molar-refractivity contribution in [2.24, 2.45) is 0 Å². The van der Waals surface area contributed by atoms with E-state index in [-0.39, 0.29) is 19.3 Å². The number of ether oxygens (including phenoxy) is 3. The number of carbonyl (C=O) groups is 3. The fourth-order valence-electron chi connectivity index (χ4n) is 7.98. The maximum absolute atomic E-state index is 12.9. The van der Waals surface area contributed by atoms with Gasteiger partial charge in [-0.2, -0.15) is 0 Å². The van der Waals surface area contributed by atoms with Crippen molar-refractivity contribution in [3.8, 4) is 0 Å². The van der Waals surface area contributed by atoms with Crippen molar-refractivity contribution in [3.63, 3.8) is 0 Å². The third kappa shape index (κ3) is 67.9. The molecule has 0 rings (SSSR count). The van der Waals surface area contributed by atoms with Crippen LogP contribution in [-0.2, 0) is 55.8 Å². The molecule has 93 heavy (non-hydrogen) atoms. The van der Waals surface area contributed by atoms with Gasteiger partial charge in [-0.15, -0.1) is 0 Å². The molecule has 0 aliphatic heterocycles. The van der Waals surface area contributed by atoms with E-state index in [1.807, 2.05) is 36.5 Å². The Morgan fingerprint density at radius 1 is 0.312 bits per heavy atom. The molecule has 5 unspecified atom stereocenters. The van der Waals surface area contributed by atoms with Crippen molar-refractivity contribution >= 4 is 33.6 Å². The van der Waals surface area contributed by atoms with Gasteiger partial charge in [-0.05, 0) is 135 Å². The number of rotatable bonds is 62. The molecular formula is C75H118O16P2. The Morgan fingerprint density at radius 3 is 0.946 bits per heavy atom. The predicted octanol–water partition coefficient (Wildman–Crippen LogP) is 19.1. The number of allylic oxidation sites excluding steroid dienone is 30. The molecule has 0 aromatic heterocycles. The molecule has 5 atom stereocenters. The molecular weight excluding hydrogens is 1220 g/mol. The van der Waals surface area contributed by atoms with E-state index < -0.39 is 91.5 Å². The number of phosphoric ester groups is 2. The zero-order valence-corrected chi connectivity index (χ0v) is 58.4. The van der Waals surface area contributed by atoms with Gasteiger partial charge in [0.2, 0.25) is 0 Å². The molecule has 0 aromatic rings. The number of aliphatic hydroxyl groups is 2. The zero-order chi connectivity index (χ0) is 68.1. The Labute approximate surface area is 560 Å². The number of hydrogen-bond donors (Lipinski definition) is 4. The van der Waals surface area contributed by atoms with Crippen molar-refractivity contribution < 1.29 is 75.8 Å². The second-order valence-electron chi connectivity index (χ2n) is 21.9. The summed E-state index contributed by atoms with van der Waals surface area (Å²) in [5, 5.41) is 20.5. The summed E-state index contributed by atoms with van der Waals surface area (Å²) in [5.74, 6) is -1.79. The van der Waals surface area contributed by atoms with Gasteiger partial charge in [0.15, 0.2) is 6.10 Å². The van der Waals surface area contributed by atoms with Crippen LogP contribution in [0.2, 0.25) is 0 Å². The van der Waals surface area contributed by atoms with Crippen LogP contribution < -0.4 is 0 Å². The van der Waals surface area contributed by atoms with Gasteiger partial charge in [-0.1, -0.05) is 242 Å². The van der Waals surface area contributed by atoms with E-state index in [1.165, 1.54) is 19.3 Å². The smallest absolute Gasteiger partial charge is 0.463 e. The van der Waals surface area contributed by atoms with E-state index >= 15 is 0 Å². The quantitative estimate of drug-likeness (QED) is 0.0146. The first kappa shape index (κ1) is 87.7. The van der Waals surface area contributed by atoms with Crippen LogP contribution in [0.3, 0.4) is 0 Å². The van der Waals surface area contributed by atoms with Crippen molar-refractivity contribution in [1.82, 2.24) is 0 Å². The van der Waals surface area contributed by atoms with E-state index in [2.05, 4.69) is 167 Å². The molecule has 0 fully saturated rings. The molecule has 0 amide bonds. The van der Waals surface area contributed by atoms with E-state index in [9.17, 15) is 43.5 Å². The summed E-state index contributed by atoms with van der Waals surface area (Å²) < 4.78 is 60.7. The summed E-state index contributed by atoms with van der Waals surface area (Å²) in [5.41, 5.74) is 0. The Morgan fingerprint density at radius 2 is 0.591 bits per heavy atom. The molecule has 0 aliphatic rings. The molecule has 16 nitrogen and oxygen atoms in total. The molecule has 18 heteroatoms. The van der Waals surface area contributed by atoms with Crippen LogP contribution in [0, 0.1) is 0 Å². The fourth-order valence-corrected chi connectivity index (χ4v) is 9.56. The van der Waals surface area contributed by atoms with Crippen molar-refractivity contribution in [3.05, 3.63) is 182 Å². The number of esters is 3. The highest BCUT2D eigenvalue weighted by atomic mass is 31.2. The number of hydrogen-bond acceptors (Lipinski definition) is 14. The first-order valence-electron chi connectivity index (χ1n) is 34.1. The van der Waals surface area contributed by atoms with E-state index in [0.29, 0.717) is 32.1 Å². The number of phosphoric acid groups is 2. The lowest BCUT2D eigenvalue weighted by atomic mass is 10.1. The highest BCUT2D eigenvalue weighted by molar-refractivity contribution is 7.47. The molecule has 0 spiro atoms. The minimum atomic E-state index is -4.96. The van der Waals surface area contributed by atoms with Crippen LogP contribution in [0.4, 0.5) is 0 Å². The topological polar surface area (TPSA) is 231 Å². The zero-order valence-electron chi connectivity index (χ0n) is 56.6. The van der Waals surface area contributed by atoms with Crippen LogP contribution in [-0.4, -0.2) is 95.9 Å². The average molecular weight is 1340 g/mol. The summed E-state index contributed by atoms with van der Waals surface area (Å²) in [6.45, 7) is 2.17. The molecule has 0 saturated heterocycles. The molecule has 0 aliphatic carbocycles. The van der Waals surface area contributed by atoms with Crippen molar-refractivity contribution in [1.29, 1.82) is 0 Å². The first-order valence-corrected chi connectivity index (χ1v) is 37.1. The van der Waals surface area contributed by atoms with Gasteiger partial charge in [0, 0.05) is 19.3 Å². The van der Waals surface area contributed by atoms with E-state index in [0.717, 1.165) is 122 Å². The number of aliphatic hydroxyl groups excluding tert-OH is 2. The molecule has 0 saturated carbocycles. The van der Waals surface area contributed by atoms with Crippen LogP contribution >= 0.6 is 15.6 Å². The Kier molecular flexibility index (Phi) is 62.8. The second kappa shape index (κ2) is 66.7. The predicted molar refractivity (Wildman–Crippen MR) is 380 cm³/mol. The first-order chi connectivity index (χ1) is 45.2. The second-order valence-corrected chi connectivity index (χ2v) is 24.8. The summed E-state index contributed by atoms with van der Waals surface area (Å²) >= 11 is 0. The van der Waals surface area contributed by atoms with Gasteiger partial charge in [0.25, 0.3) is 0 Å². The minimum Gasteiger partial charge on any atom is -0.463 e. The summed E-state index contributed by atoms with van der Waals surface area (Å²) in [4.78, 5) is 58.4. The third-order valence-corrected chi connectivity index (χ3v) is 15.0. The van der Waals surface area contributed by atoms with Gasteiger partial charge >= 0.3 is 33.6 Å². The molecule has 524 valence electrons. The molecule has 0 heterocycles. The van der Waals surface area contributed by atoms with E-state index in [4.69, 9.17) is 32.3 Å². The third-order valence-electron chi connectivity index (χ3n) is 13.1. The summed E-state index contributed by atoms with van der Waals surface area (Å²) in [6.07, 6.45) is 84.0. The average Bonchev–Trinajstić information content (AvgIpc) is 3.57. The van der Waals surface area contributed by atoms with Crippen LogP contribution in [0.25, 0.3) is 0 Å². The molecule has 4 N–H and O–H groups in total. The lowest BCUT2D eigenvalue weighted by molar-refractivity contribution is -0.161. The Balaban J connectivity index is 4.90. The SMILES string of the molecule is CC/C=C\C/C=C\C/C=C\C/C=C\C/C=C\C/C=C\CCC(=O)OCC(O)COP(=O)(O)OCC(O)COP(=O)(O)OCC(COC(=O)CC/C=C\C/C=C\C/C=C\C/C=C\C/C=C\C/C=C\CC)OC(=O)CCCCCCCC/C=C\C/C=C\C/C=C\CCCCC. The van der Waals surface area contributed by atoms with Crippen LogP contribution in [0.15, 0.2) is 182 Å². The van der Waals surface area contributed by atoms with Crippen LogP contribution in [0.5, 0.6) is 0 Å². The maximum Gasteiger partial charge on any atom is 0.472 e. The normalized spacial score (nSPS) is 15.3. The highest BCUT2D eigenvalue weighted by Gasteiger charge is 2.29. The van der Waals surface area contributed by atoms with Crippen molar-refractivity contribution in [2.75, 3.05) is 39.6 Å². The van der Waals surface area contributed by atoms with Gasteiger partial charge < -0.3 is 34.2 Å². The summed E-state index contributed by atoms with van der Waals surface area (Å²) in [6, 6.07) is 0. The maximum atomic E-state index is 12.9. The van der Waals surface area contributed by atoms with Gasteiger partial charge in [-0.3, -0.25) is 32.5 Å². The van der Waals surface area contributed by atoms with Gasteiger partial charge in [0.1, 0.15) is 25.4 Å². The van der Waals surface area contributed by atoms with Crippen molar-refractivity contribution in [2.45, 2.75) is 232 Å². The Bertz CT molecular complexity index is 2420. The van der Waals surface area contributed by atoms with E-state index in [1.54, 1.807) is 0 Å². The highest BCUT2D eigenvalue weighted by Crippen LogP contribution is 2.45. The van der Waals surface area contributed by atoms with Gasteiger partial charge in [0.05, 0.1) is 26.4 Å². The number of carbonyl (C=O) groups excluding carboxylic acids is 3. The van der Waals surface area contributed by atoms with Crippen LogP contribution in [0.1, 0.15) is 213 Å². The largest absolute Gasteiger partial charge is 0.472 e. The van der Waals surface area contributed by atoms with Gasteiger partial charge in [-0.25, -0.2) is 9.13 Å². The summed E-state index contributed by atoms with van der Waals surface area (Å²) in [7, 11) is -9.84. The standard InChI is InChI=1S/C75H118O16P2/c1-4-7-10-13-16-19-22-25-28-31-34-37-40-43-46-49-52-55-58-61-73(78)85-64-70(76)65-87-92(81,82)88-66-71(77)67-89-93(83,84)90-69-72(91-75(80)63-60-57-54-51-48-45-42-39-36-33-30-27-24-21-18-15-12-9-6-3)68-86-74(79)62-59-56-53-50-47-44-41-38-35-32-29-26-23-20-17-14-11-8-5-2/h7-8,10-11,16-21,25-30,34-39,43-44,46-47,52-53,55-56,70-72,76-77H,4-6,9,12-15,22-24,31-33,40-42,45,48-51,54,57-69H2,1-3H3,(H,81,82)(H,83,84)/b10-7-,11-8-,19-16-,20-17-,21-18-,28-25-,29-26-,30-27-,37-34-,38-35-,39-36-,46-43-,47-44-,55-52-,56-53-. The lowest BCUT2D eigenvalue weighted by Gasteiger charge is -2.21. The lowest BCUT2D eigenvalue weighted by Crippen LogP contribution is -2.30. The minimum absolute atomic E-state index is 0.0326. The monoisotopic (exact) mass is 1340 g/mol. The molecule has 0 aromatic carbocycles. The fraction of sp³-hybridized carbons (Fsp3) is 0.560. The molecule has 0 bridgehead atoms. The number of unbranched alkanes of at least 4 members (excludes halogenated alkanes) is 9. The Hall–Kier alpha value is -5.35.